The molecule has 0 aliphatic carbocycles. The molecule has 8 aliphatic heterocycles. The van der Waals surface area contributed by atoms with Crippen LogP contribution in [0.3, 0.4) is 0 Å². The average Bonchev–Trinajstić information content (AvgIpc) is 0.793. The molecule has 4 aromatic rings. The maximum absolute atomic E-state index is 13.4. The number of piperidine rings is 4. The zero-order chi connectivity index (χ0) is 102. The molecule has 8 heterocycles. The summed E-state index contributed by atoms with van der Waals surface area (Å²) in [7, 11) is 0. The zero-order valence-electron chi connectivity index (χ0n) is 87.9. The first-order chi connectivity index (χ1) is 68.7. The van der Waals surface area contributed by atoms with Gasteiger partial charge >= 0.3 is 23.9 Å². The number of esters is 4. The van der Waals surface area contributed by atoms with Crippen LogP contribution in [0.25, 0.3) is 0 Å². The van der Waals surface area contributed by atoms with E-state index in [9.17, 15) is 38.4 Å². The number of nitrogens with zero attached hydrogens (tertiary/aromatic N) is 8. The van der Waals surface area contributed by atoms with Gasteiger partial charge in [0.1, 0.15) is 24.4 Å². The van der Waals surface area contributed by atoms with Crippen molar-refractivity contribution in [2.45, 2.75) is 390 Å². The second-order valence-corrected chi connectivity index (χ2v) is 40.6. The third-order valence-electron chi connectivity index (χ3n) is 27.5. The minimum absolute atomic E-state index is 0.00212. The molecule has 4 aromatic carbocycles. The number of hydrogen-bond donors (Lipinski definition) is 0. The zero-order valence-corrected chi connectivity index (χ0v) is 89.4. The highest BCUT2D eigenvalue weighted by molar-refractivity contribution is 6.33. The number of likely N-dealkylation sites (tertiary alicyclic amines) is 4. The number of halogens is 2. The third kappa shape index (κ3) is 39.5. The molecule has 0 radical (unpaired) electrons. The number of aryl methyl sites for hydroxylation is 8. The fraction of sp³-hybridized carbons (Fsp3) is 0.621. The number of ether oxygens (including phenoxy) is 4. The van der Waals surface area contributed by atoms with E-state index in [-0.39, 0.29) is 98.3 Å². The predicted octanol–water partition coefficient (Wildman–Crippen LogP) is 25.6. The Morgan fingerprint density at radius 1 is 0.303 bits per heavy atom. The number of amides is 4. The Morgan fingerprint density at radius 3 is 0.796 bits per heavy atom. The lowest BCUT2D eigenvalue weighted by Gasteiger charge is -2.26. The van der Waals surface area contributed by atoms with E-state index in [0.29, 0.717) is 70.8 Å². The maximum Gasteiger partial charge on any atom is 0.339 e. The van der Waals surface area contributed by atoms with Crippen molar-refractivity contribution >= 4 is 93.6 Å². The van der Waals surface area contributed by atoms with Crippen LogP contribution in [0.1, 0.15) is 393 Å². The maximum atomic E-state index is 13.4. The number of oxime groups is 4. The minimum atomic E-state index is -0.339. The molecule has 0 aromatic heterocycles. The summed E-state index contributed by atoms with van der Waals surface area (Å²) in [5.74, 6) is -1.26. The molecule has 142 heavy (non-hydrogen) atoms. The minimum Gasteiger partial charge on any atom is -0.458 e. The number of carbonyl (C=O) groups is 8. The lowest BCUT2D eigenvalue weighted by molar-refractivity contribution is -0.137. The fourth-order valence-electron chi connectivity index (χ4n) is 20.0. The van der Waals surface area contributed by atoms with Crippen molar-refractivity contribution in [1.82, 2.24) is 19.6 Å². The van der Waals surface area contributed by atoms with E-state index in [0.717, 1.165) is 360 Å². The standard InChI is InChI=1S/2C29H41ClN2O4.2C29H42N2O4/c2*1-4-13-24-15-10-7-5-6-9-14-23(31-35-20-26(33)32-16-11-8-12-17-32)19-25-27(29(34)36-24)21(2)18-22(3)28(25)30;2*1-4-13-26-15-10-7-5-6-9-14-25(30-34-21-27(32)31-16-11-8-12-17-31)20-24-19-22(2)18-23(3)28(24)29(33)35-26/h2*7,10,18,24H,4-6,8-9,11-17,19-20H2,1-3H3;2*7,10,18-19,26H,4-6,8-9,11-17,20-21H2,1-3H3/b10-7+,31-23+;10-7+,31-23-;10-7+,30-25+;10-7+,30-25-. The van der Waals surface area contributed by atoms with Crippen molar-refractivity contribution in [3.05, 3.63) is 184 Å². The van der Waals surface area contributed by atoms with Gasteiger partial charge in [-0.05, 0) is 316 Å². The molecule has 26 heteroatoms. The van der Waals surface area contributed by atoms with Gasteiger partial charge < -0.3 is 57.9 Å². The molecule has 0 spiro atoms. The van der Waals surface area contributed by atoms with Crippen LogP contribution in [-0.4, -0.2) is 193 Å². The van der Waals surface area contributed by atoms with Crippen LogP contribution >= 0.6 is 23.2 Å². The van der Waals surface area contributed by atoms with Gasteiger partial charge in [0.2, 0.25) is 0 Å². The molecule has 8 aliphatic rings. The Labute approximate surface area is 858 Å². The normalized spacial score (nSPS) is 22.0. The number of allylic oxidation sites excluding steroid dienone is 4. The first-order valence-corrected chi connectivity index (χ1v) is 54.5. The number of fused-ring (bicyclic) bond motifs is 4. The molecule has 4 saturated heterocycles. The summed E-state index contributed by atoms with van der Waals surface area (Å²) in [5, 5.41) is 18.7. The van der Waals surface area contributed by atoms with Gasteiger partial charge in [0.05, 0.1) is 45.1 Å². The average molecular weight is 2000 g/mol. The van der Waals surface area contributed by atoms with Crippen molar-refractivity contribution in [2.24, 2.45) is 20.6 Å². The van der Waals surface area contributed by atoms with E-state index in [1.54, 1.807) is 0 Å². The summed E-state index contributed by atoms with van der Waals surface area (Å²) >= 11 is 13.5. The van der Waals surface area contributed by atoms with Crippen LogP contribution in [0, 0.1) is 55.4 Å². The Kier molecular flexibility index (Phi) is 52.1. The van der Waals surface area contributed by atoms with Gasteiger partial charge in [-0.25, -0.2) is 19.2 Å². The van der Waals surface area contributed by atoms with Crippen LogP contribution in [0.5, 0.6) is 0 Å². The van der Waals surface area contributed by atoms with Crippen molar-refractivity contribution in [3.63, 3.8) is 0 Å². The highest BCUT2D eigenvalue weighted by Gasteiger charge is 2.32. The lowest BCUT2D eigenvalue weighted by Crippen LogP contribution is -2.37. The van der Waals surface area contributed by atoms with E-state index < -0.39 is 0 Å². The van der Waals surface area contributed by atoms with Crippen LogP contribution in [-0.2, 0) is 83.2 Å². The van der Waals surface area contributed by atoms with Crippen molar-refractivity contribution in [1.29, 1.82) is 0 Å². The molecule has 24 nitrogen and oxygen atoms in total. The molecule has 4 fully saturated rings. The lowest BCUT2D eigenvalue weighted by atomic mass is 9.93. The quantitative estimate of drug-likeness (QED) is 0.0344. The van der Waals surface area contributed by atoms with Crippen LogP contribution in [0.4, 0.5) is 0 Å². The summed E-state index contributed by atoms with van der Waals surface area (Å²) < 4.78 is 23.9. The fourth-order valence-corrected chi connectivity index (χ4v) is 20.4. The molecule has 780 valence electrons. The second kappa shape index (κ2) is 64.0. The van der Waals surface area contributed by atoms with Crippen LogP contribution in [0.2, 0.25) is 10.0 Å². The number of carbonyl (C=O) groups excluding carboxylic acids is 8. The monoisotopic (exact) mass is 2000 g/mol. The molecule has 0 bridgehead atoms. The van der Waals surface area contributed by atoms with Gasteiger partial charge in [0.25, 0.3) is 23.6 Å². The molecule has 4 atom stereocenters. The first-order valence-electron chi connectivity index (χ1n) is 53.8. The SMILES string of the molecule is CCCC1C/C=C/CCCC/C(=N/OCC(=O)N2CCCCC2)Cc2c(Cl)c(C)cc(C)c2C(=O)O1.CCCC1C/C=C/CCCC/C(=N/OCC(=O)N2CCCCC2)Cc2cc(C)cc(C)c2C(=O)O1.CCCC1C/C=C/CCCC/C(=N\OCC(=O)N2CCCCC2)Cc2c(Cl)c(C)cc(C)c2C(=O)O1.CCCC1C/C=C/CCCC/C(=N\OCC(=O)N2CCCCC2)Cc2cc(C)cc(C)c2C(=O)O1. The highest BCUT2D eigenvalue weighted by atomic mass is 35.5. The summed E-state index contributed by atoms with van der Waals surface area (Å²) in [6, 6.07) is 12.0. The topological polar surface area (TPSA) is 273 Å². The number of cyclic esters (lactones) is 4. The number of hydrogen-bond acceptors (Lipinski definition) is 20. The molecular weight excluding hydrogens is 1830 g/mol. The van der Waals surface area contributed by atoms with E-state index in [1.807, 2.05) is 99.3 Å². The Morgan fingerprint density at radius 2 is 0.542 bits per heavy atom. The van der Waals surface area contributed by atoms with E-state index in [2.05, 4.69) is 109 Å². The summed E-state index contributed by atoms with van der Waals surface area (Å²) in [6.45, 7) is 30.3. The molecule has 4 amide bonds. The molecule has 4 unspecified atom stereocenters. The summed E-state index contributed by atoms with van der Waals surface area (Å²) in [5.41, 5.74) is 16.4. The molecule has 0 saturated carbocycles. The smallest absolute Gasteiger partial charge is 0.339 e. The second-order valence-electron chi connectivity index (χ2n) is 39.9. The molecule has 0 N–H and O–H groups in total. The first kappa shape index (κ1) is 116. The van der Waals surface area contributed by atoms with Crippen molar-refractivity contribution in [3.8, 4) is 0 Å². The Hall–Kier alpha value is -9.94. The van der Waals surface area contributed by atoms with Crippen molar-refractivity contribution < 1.29 is 76.7 Å². The van der Waals surface area contributed by atoms with Gasteiger partial charge in [-0.15, -0.1) is 0 Å². The van der Waals surface area contributed by atoms with Gasteiger partial charge in [0.15, 0.2) is 26.4 Å². The third-order valence-corrected chi connectivity index (χ3v) is 28.5. The van der Waals surface area contributed by atoms with Crippen LogP contribution < -0.4 is 0 Å². The largest absolute Gasteiger partial charge is 0.458 e. The predicted molar refractivity (Wildman–Crippen MR) is 569 cm³/mol. The Bertz CT molecular complexity index is 4680. The van der Waals surface area contributed by atoms with E-state index in [1.165, 1.54) is 25.7 Å². The highest BCUT2D eigenvalue weighted by Crippen LogP contribution is 2.35. The van der Waals surface area contributed by atoms with Crippen LogP contribution in [0.15, 0.2) is 106 Å². The Balaban J connectivity index is 0.000000211. The van der Waals surface area contributed by atoms with E-state index >= 15 is 0 Å². The van der Waals surface area contributed by atoms with Gasteiger partial charge in [-0.1, -0.05) is 193 Å². The summed E-state index contributed by atoms with van der Waals surface area (Å²) in [4.78, 5) is 133. The van der Waals surface area contributed by atoms with Gasteiger partial charge in [0, 0.05) is 114 Å². The number of benzene rings is 4. The van der Waals surface area contributed by atoms with Crippen molar-refractivity contribution in [2.75, 3.05) is 78.8 Å². The van der Waals surface area contributed by atoms with E-state index in [4.69, 9.17) is 61.5 Å². The summed E-state index contributed by atoms with van der Waals surface area (Å²) in [6.07, 6.45) is 56.6. The number of rotatable bonds is 20. The van der Waals surface area contributed by atoms with Gasteiger partial charge in [-0.2, -0.15) is 0 Å². The molecular formula is C116H166Cl2N8O16. The van der Waals surface area contributed by atoms with Gasteiger partial charge in [-0.3, -0.25) is 19.2 Å². The molecule has 12 rings (SSSR count).